The van der Waals surface area contributed by atoms with Gasteiger partial charge in [0, 0.05) is 17.6 Å². The maximum atomic E-state index is 8.89. The van der Waals surface area contributed by atoms with E-state index in [0.717, 1.165) is 30.6 Å². The van der Waals surface area contributed by atoms with E-state index in [-0.39, 0.29) is 5.41 Å². The summed E-state index contributed by atoms with van der Waals surface area (Å²) in [4.78, 5) is 8.95. The number of benzene rings is 1. The van der Waals surface area contributed by atoms with Crippen molar-refractivity contribution >= 4 is 17.5 Å². The topological polar surface area (TPSA) is 99.6 Å². The lowest BCUT2D eigenvalue weighted by Crippen LogP contribution is -2.15. The molecule has 0 saturated carbocycles. The molecule has 6 heteroatoms. The van der Waals surface area contributed by atoms with E-state index < -0.39 is 0 Å². The molecular weight excluding hydrogens is 336 g/mol. The maximum Gasteiger partial charge on any atom is 0.229 e. The van der Waals surface area contributed by atoms with Crippen molar-refractivity contribution in [3.05, 3.63) is 41.6 Å². The predicted octanol–water partition coefficient (Wildman–Crippen LogP) is 3.64. The summed E-state index contributed by atoms with van der Waals surface area (Å²) in [5.41, 5.74) is 7.69. The minimum Gasteiger partial charge on any atom is -0.369 e. The fourth-order valence-electron chi connectivity index (χ4n) is 2.33. The molecule has 0 aliphatic rings. The zero-order chi connectivity index (χ0) is 19.7. The third kappa shape index (κ3) is 6.29. The summed E-state index contributed by atoms with van der Waals surface area (Å²) in [5.74, 6) is 7.65. The molecular formula is C21H26N6. The Morgan fingerprint density at radius 3 is 2.59 bits per heavy atom. The van der Waals surface area contributed by atoms with Gasteiger partial charge in [0.25, 0.3) is 0 Å². The molecule has 4 N–H and O–H groups in total. The van der Waals surface area contributed by atoms with Crippen molar-refractivity contribution in [3.8, 4) is 17.9 Å². The predicted molar refractivity (Wildman–Crippen MR) is 110 cm³/mol. The summed E-state index contributed by atoms with van der Waals surface area (Å²) in [6, 6.07) is 9.24. The molecule has 2 rings (SSSR count). The highest BCUT2D eigenvalue weighted by Gasteiger charge is 2.13. The van der Waals surface area contributed by atoms with Crippen molar-refractivity contribution in [3.63, 3.8) is 0 Å². The van der Waals surface area contributed by atoms with E-state index in [1.165, 1.54) is 0 Å². The molecule has 0 radical (unpaired) electrons. The van der Waals surface area contributed by atoms with Gasteiger partial charge in [0.2, 0.25) is 5.95 Å². The lowest BCUT2D eigenvalue weighted by Gasteiger charge is -2.15. The van der Waals surface area contributed by atoms with E-state index in [4.69, 9.17) is 11.0 Å². The van der Waals surface area contributed by atoms with Crippen LogP contribution in [0.1, 0.15) is 44.7 Å². The van der Waals surface area contributed by atoms with Gasteiger partial charge in [-0.3, -0.25) is 0 Å². The van der Waals surface area contributed by atoms with Gasteiger partial charge in [-0.15, -0.1) is 0 Å². The average Bonchev–Trinajstić information content (AvgIpc) is 2.66. The summed E-state index contributed by atoms with van der Waals surface area (Å²) in [6.07, 6.45) is 3.54. The van der Waals surface area contributed by atoms with Gasteiger partial charge in [-0.1, -0.05) is 18.8 Å². The Labute approximate surface area is 161 Å². The molecule has 6 nitrogen and oxygen atoms in total. The van der Waals surface area contributed by atoms with E-state index in [0.29, 0.717) is 23.9 Å². The second-order valence-electron chi connectivity index (χ2n) is 6.87. The van der Waals surface area contributed by atoms with Crippen LogP contribution in [0.25, 0.3) is 0 Å². The van der Waals surface area contributed by atoms with Crippen molar-refractivity contribution in [1.82, 2.24) is 9.97 Å². The summed E-state index contributed by atoms with van der Waals surface area (Å²) in [5, 5.41) is 15.4. The van der Waals surface area contributed by atoms with Gasteiger partial charge in [0.05, 0.1) is 23.4 Å². The van der Waals surface area contributed by atoms with Gasteiger partial charge in [-0.2, -0.15) is 10.2 Å². The minimum atomic E-state index is -0.157. The van der Waals surface area contributed by atoms with Crippen LogP contribution in [0.15, 0.2) is 30.5 Å². The maximum absolute atomic E-state index is 8.89. The van der Waals surface area contributed by atoms with Crippen LogP contribution >= 0.6 is 0 Å². The number of aromatic nitrogens is 2. The number of hydrogen-bond acceptors (Lipinski definition) is 6. The van der Waals surface area contributed by atoms with E-state index >= 15 is 0 Å². The second-order valence-corrected chi connectivity index (χ2v) is 6.87. The molecule has 2 aromatic rings. The molecule has 0 aliphatic carbocycles. The van der Waals surface area contributed by atoms with Crippen LogP contribution in [-0.2, 0) is 0 Å². The van der Waals surface area contributed by atoms with Gasteiger partial charge in [0.15, 0.2) is 0 Å². The van der Waals surface area contributed by atoms with Crippen LogP contribution in [0.4, 0.5) is 17.5 Å². The molecule has 0 amide bonds. The minimum absolute atomic E-state index is 0.157. The number of anilines is 3. The van der Waals surface area contributed by atoms with Gasteiger partial charge in [-0.05, 0) is 57.5 Å². The first-order valence-corrected chi connectivity index (χ1v) is 9.09. The third-order valence-corrected chi connectivity index (χ3v) is 3.91. The standard InChI is InChI=1S/C21H26N6/c1-4-13-24-19-17(9-10-21(2,3)11-12-22)15-25-20(27-19)26-18-7-5-16(14-23)6-8-18/h5-8,15H,4,11-13,22H2,1-3H3,(H2,24,25,26,27). The quantitative estimate of drug-likeness (QED) is 0.650. The molecule has 1 heterocycles. The van der Waals surface area contributed by atoms with Gasteiger partial charge in [0.1, 0.15) is 5.82 Å². The molecule has 140 valence electrons. The Kier molecular flexibility index (Phi) is 7.16. The largest absolute Gasteiger partial charge is 0.369 e. The number of hydrogen-bond donors (Lipinski definition) is 3. The molecule has 0 atom stereocenters. The lowest BCUT2D eigenvalue weighted by molar-refractivity contribution is 0.466. The van der Waals surface area contributed by atoms with Crippen LogP contribution < -0.4 is 16.4 Å². The van der Waals surface area contributed by atoms with Crippen molar-refractivity contribution in [1.29, 1.82) is 5.26 Å². The first-order valence-electron chi connectivity index (χ1n) is 9.09. The van der Waals surface area contributed by atoms with E-state index in [9.17, 15) is 0 Å². The van der Waals surface area contributed by atoms with Crippen LogP contribution in [0.5, 0.6) is 0 Å². The summed E-state index contributed by atoms with van der Waals surface area (Å²) >= 11 is 0. The fourth-order valence-corrected chi connectivity index (χ4v) is 2.33. The van der Waals surface area contributed by atoms with E-state index in [1.807, 2.05) is 12.1 Å². The molecule has 0 aliphatic heterocycles. The first kappa shape index (κ1) is 20.2. The second kappa shape index (κ2) is 9.56. The van der Waals surface area contributed by atoms with Crippen molar-refractivity contribution in [2.24, 2.45) is 11.1 Å². The molecule has 0 fully saturated rings. The van der Waals surface area contributed by atoms with Gasteiger partial charge >= 0.3 is 0 Å². The Morgan fingerprint density at radius 1 is 1.22 bits per heavy atom. The average molecular weight is 362 g/mol. The Bertz CT molecular complexity index is 853. The highest BCUT2D eigenvalue weighted by atomic mass is 15.1. The zero-order valence-corrected chi connectivity index (χ0v) is 16.1. The highest BCUT2D eigenvalue weighted by molar-refractivity contribution is 5.60. The van der Waals surface area contributed by atoms with Crippen LogP contribution in [0.3, 0.4) is 0 Å². The van der Waals surface area contributed by atoms with Gasteiger partial charge in [-0.25, -0.2) is 4.98 Å². The lowest BCUT2D eigenvalue weighted by atomic mass is 9.90. The summed E-state index contributed by atoms with van der Waals surface area (Å²) in [6.45, 7) is 7.65. The van der Waals surface area contributed by atoms with Crippen LogP contribution in [0, 0.1) is 28.6 Å². The van der Waals surface area contributed by atoms with Crippen LogP contribution in [0.2, 0.25) is 0 Å². The Morgan fingerprint density at radius 2 is 1.96 bits per heavy atom. The normalized spacial score (nSPS) is 10.5. The molecule has 0 bridgehead atoms. The number of rotatable bonds is 7. The SMILES string of the molecule is CCCNc1nc(Nc2ccc(C#N)cc2)ncc1C#CC(C)(C)CCN. The number of nitrogens with two attached hydrogens (primary N) is 1. The fraction of sp³-hybridized carbons (Fsp3) is 0.381. The molecule has 1 aromatic carbocycles. The summed E-state index contributed by atoms with van der Waals surface area (Å²) in [7, 11) is 0. The van der Waals surface area contributed by atoms with Crippen LogP contribution in [-0.4, -0.2) is 23.1 Å². The van der Waals surface area contributed by atoms with Crippen molar-refractivity contribution in [2.45, 2.75) is 33.6 Å². The Hall–Kier alpha value is -3.09. The van der Waals surface area contributed by atoms with E-state index in [1.54, 1.807) is 18.3 Å². The van der Waals surface area contributed by atoms with Crippen molar-refractivity contribution < 1.29 is 0 Å². The molecule has 1 aromatic heterocycles. The highest BCUT2D eigenvalue weighted by Crippen LogP contribution is 2.20. The molecule has 27 heavy (non-hydrogen) atoms. The monoisotopic (exact) mass is 362 g/mol. The van der Waals surface area contributed by atoms with Crippen molar-refractivity contribution in [2.75, 3.05) is 23.7 Å². The molecule has 0 unspecified atom stereocenters. The smallest absolute Gasteiger partial charge is 0.229 e. The zero-order valence-electron chi connectivity index (χ0n) is 16.1. The summed E-state index contributed by atoms with van der Waals surface area (Å²) < 4.78 is 0. The van der Waals surface area contributed by atoms with Gasteiger partial charge < -0.3 is 16.4 Å². The number of nitrogens with zero attached hydrogens (tertiary/aromatic N) is 3. The molecule has 0 saturated heterocycles. The first-order chi connectivity index (χ1) is 13.0. The van der Waals surface area contributed by atoms with E-state index in [2.05, 4.69) is 59.3 Å². The third-order valence-electron chi connectivity index (χ3n) is 3.91. The Balaban J connectivity index is 2.26. The number of nitrogens with one attached hydrogen (secondary N) is 2. The number of nitriles is 1. The molecule has 0 spiro atoms.